The van der Waals surface area contributed by atoms with Crippen LogP contribution in [0.1, 0.15) is 21.6 Å². The molecule has 1 N–H and O–H groups in total. The fourth-order valence-electron chi connectivity index (χ4n) is 2.86. The fourth-order valence-corrected chi connectivity index (χ4v) is 2.86. The summed E-state index contributed by atoms with van der Waals surface area (Å²) < 4.78 is 15.9. The number of carbonyl (C=O) groups excluding carboxylic acids is 1. The maximum Gasteiger partial charge on any atom is 0.254 e. The number of carbonyl (C=O) groups is 1. The van der Waals surface area contributed by atoms with E-state index in [4.69, 9.17) is 14.2 Å². The molecule has 0 saturated carbocycles. The van der Waals surface area contributed by atoms with Crippen molar-refractivity contribution in [3.8, 4) is 11.5 Å². The van der Waals surface area contributed by atoms with Gasteiger partial charge in [-0.1, -0.05) is 0 Å². The highest BCUT2D eigenvalue weighted by atomic mass is 16.5. The molecule has 2 heterocycles. The SMILES string of the molecule is COc1ccc(CNC(=O)c2cnc(N3CCOCC3)nc2C)c(OC)c1. The summed E-state index contributed by atoms with van der Waals surface area (Å²) in [6.07, 6.45) is 1.58. The Morgan fingerprint density at radius 3 is 2.70 bits per heavy atom. The van der Waals surface area contributed by atoms with E-state index in [0.717, 1.165) is 18.7 Å². The normalized spacial score (nSPS) is 14.0. The Kier molecular flexibility index (Phi) is 6.08. The highest BCUT2D eigenvalue weighted by molar-refractivity contribution is 5.95. The van der Waals surface area contributed by atoms with Crippen molar-refractivity contribution in [1.29, 1.82) is 0 Å². The second-order valence-electron chi connectivity index (χ2n) is 6.13. The summed E-state index contributed by atoms with van der Waals surface area (Å²) in [4.78, 5) is 23.5. The molecule has 0 spiro atoms. The first kappa shape index (κ1) is 18.9. The Labute approximate surface area is 158 Å². The van der Waals surface area contributed by atoms with Crippen molar-refractivity contribution >= 4 is 11.9 Å². The number of nitrogens with one attached hydrogen (secondary N) is 1. The molecule has 27 heavy (non-hydrogen) atoms. The number of benzene rings is 1. The molecule has 1 fully saturated rings. The quantitative estimate of drug-likeness (QED) is 0.824. The van der Waals surface area contributed by atoms with Gasteiger partial charge in [0.1, 0.15) is 11.5 Å². The lowest BCUT2D eigenvalue weighted by Gasteiger charge is -2.27. The Balaban J connectivity index is 1.67. The molecule has 0 bridgehead atoms. The van der Waals surface area contributed by atoms with Gasteiger partial charge >= 0.3 is 0 Å². The average molecular weight is 372 g/mol. The first-order chi connectivity index (χ1) is 13.1. The second kappa shape index (κ2) is 8.68. The summed E-state index contributed by atoms with van der Waals surface area (Å²) >= 11 is 0. The second-order valence-corrected chi connectivity index (χ2v) is 6.13. The third kappa shape index (κ3) is 4.46. The molecule has 144 valence electrons. The van der Waals surface area contributed by atoms with E-state index in [2.05, 4.69) is 20.2 Å². The zero-order valence-corrected chi connectivity index (χ0v) is 15.8. The minimum Gasteiger partial charge on any atom is -0.497 e. The number of nitrogens with zero attached hydrogens (tertiary/aromatic N) is 3. The van der Waals surface area contributed by atoms with Crippen molar-refractivity contribution in [2.45, 2.75) is 13.5 Å². The highest BCUT2D eigenvalue weighted by Crippen LogP contribution is 2.24. The topological polar surface area (TPSA) is 85.8 Å². The molecule has 0 aliphatic carbocycles. The molecule has 1 aromatic carbocycles. The van der Waals surface area contributed by atoms with Crippen molar-refractivity contribution in [3.05, 3.63) is 41.2 Å². The smallest absolute Gasteiger partial charge is 0.254 e. The van der Waals surface area contributed by atoms with E-state index in [9.17, 15) is 4.79 Å². The lowest BCUT2D eigenvalue weighted by molar-refractivity contribution is 0.0949. The Morgan fingerprint density at radius 1 is 1.26 bits per heavy atom. The van der Waals surface area contributed by atoms with Crippen LogP contribution in [0.3, 0.4) is 0 Å². The number of aromatic nitrogens is 2. The number of hydrogen-bond acceptors (Lipinski definition) is 7. The van der Waals surface area contributed by atoms with Crippen LogP contribution in [0.15, 0.2) is 24.4 Å². The summed E-state index contributed by atoms with van der Waals surface area (Å²) in [6, 6.07) is 5.48. The van der Waals surface area contributed by atoms with Crippen LogP contribution < -0.4 is 19.7 Å². The third-order valence-corrected chi connectivity index (χ3v) is 4.44. The van der Waals surface area contributed by atoms with Crippen LogP contribution in [0.4, 0.5) is 5.95 Å². The van der Waals surface area contributed by atoms with Gasteiger partial charge in [-0.15, -0.1) is 0 Å². The molecule has 1 amide bonds. The number of morpholine rings is 1. The minimum absolute atomic E-state index is 0.223. The zero-order valence-electron chi connectivity index (χ0n) is 15.8. The number of amides is 1. The molecular weight excluding hydrogens is 348 g/mol. The van der Waals surface area contributed by atoms with E-state index < -0.39 is 0 Å². The van der Waals surface area contributed by atoms with Gasteiger partial charge in [-0.3, -0.25) is 4.79 Å². The first-order valence-electron chi connectivity index (χ1n) is 8.78. The molecule has 1 aliphatic rings. The molecule has 1 aliphatic heterocycles. The first-order valence-corrected chi connectivity index (χ1v) is 8.78. The molecule has 2 aromatic rings. The molecule has 8 nitrogen and oxygen atoms in total. The molecule has 8 heteroatoms. The van der Waals surface area contributed by atoms with E-state index >= 15 is 0 Å². The zero-order chi connectivity index (χ0) is 19.2. The van der Waals surface area contributed by atoms with Gasteiger partial charge < -0.3 is 24.4 Å². The van der Waals surface area contributed by atoms with Crippen molar-refractivity contribution in [2.24, 2.45) is 0 Å². The van der Waals surface area contributed by atoms with Crippen molar-refractivity contribution in [2.75, 3.05) is 45.4 Å². The van der Waals surface area contributed by atoms with Crippen LogP contribution >= 0.6 is 0 Å². The van der Waals surface area contributed by atoms with Crippen molar-refractivity contribution < 1.29 is 19.0 Å². The predicted molar refractivity (Wildman–Crippen MR) is 101 cm³/mol. The van der Waals surface area contributed by atoms with Gasteiger partial charge in [-0.05, 0) is 19.1 Å². The summed E-state index contributed by atoms with van der Waals surface area (Å²) in [7, 11) is 3.18. The Morgan fingerprint density at radius 2 is 2.04 bits per heavy atom. The summed E-state index contributed by atoms with van der Waals surface area (Å²) in [5.74, 6) is 1.76. The number of methoxy groups -OCH3 is 2. The number of aryl methyl sites for hydroxylation is 1. The highest BCUT2D eigenvalue weighted by Gasteiger charge is 2.17. The van der Waals surface area contributed by atoms with Crippen LogP contribution in [-0.2, 0) is 11.3 Å². The standard InChI is InChI=1S/C19H24N4O4/c1-13-16(12-21-19(22-13)23-6-8-27-9-7-23)18(24)20-11-14-4-5-15(25-2)10-17(14)26-3/h4-5,10,12H,6-9,11H2,1-3H3,(H,20,24). The monoisotopic (exact) mass is 372 g/mol. The van der Waals surface area contributed by atoms with Gasteiger partial charge in [0, 0.05) is 37.5 Å². The molecule has 0 atom stereocenters. The maximum absolute atomic E-state index is 12.6. The molecule has 1 saturated heterocycles. The van der Waals surface area contributed by atoms with Crippen LogP contribution in [-0.4, -0.2) is 56.4 Å². The van der Waals surface area contributed by atoms with Gasteiger partial charge in [0.25, 0.3) is 5.91 Å². The molecular formula is C19H24N4O4. The van der Waals surface area contributed by atoms with Crippen molar-refractivity contribution in [1.82, 2.24) is 15.3 Å². The van der Waals surface area contributed by atoms with Crippen molar-refractivity contribution in [3.63, 3.8) is 0 Å². The average Bonchev–Trinajstić information content (AvgIpc) is 2.72. The largest absolute Gasteiger partial charge is 0.497 e. The summed E-state index contributed by atoms with van der Waals surface area (Å²) in [5, 5.41) is 2.89. The Hall–Kier alpha value is -2.87. The number of hydrogen-bond donors (Lipinski definition) is 1. The molecule has 0 unspecified atom stereocenters. The summed E-state index contributed by atoms with van der Waals surface area (Å²) in [5.41, 5.74) is 1.96. The minimum atomic E-state index is -0.223. The number of rotatable bonds is 6. The van der Waals surface area contributed by atoms with Crippen LogP contribution in [0.25, 0.3) is 0 Å². The van der Waals surface area contributed by atoms with Crippen LogP contribution in [0.2, 0.25) is 0 Å². The van der Waals surface area contributed by atoms with Gasteiger partial charge in [-0.25, -0.2) is 9.97 Å². The molecule has 3 rings (SSSR count). The maximum atomic E-state index is 12.6. The van der Waals surface area contributed by atoms with Gasteiger partial charge in [0.05, 0.1) is 38.7 Å². The van der Waals surface area contributed by atoms with E-state index in [1.807, 2.05) is 19.1 Å². The molecule has 1 aromatic heterocycles. The number of anilines is 1. The van der Waals surface area contributed by atoms with E-state index in [-0.39, 0.29) is 5.91 Å². The van der Waals surface area contributed by atoms with Gasteiger partial charge in [0.15, 0.2) is 0 Å². The van der Waals surface area contributed by atoms with Gasteiger partial charge in [0.2, 0.25) is 5.95 Å². The number of ether oxygens (including phenoxy) is 3. The predicted octanol–water partition coefficient (Wildman–Crippen LogP) is 1.57. The lowest BCUT2D eigenvalue weighted by Crippen LogP contribution is -2.37. The lowest BCUT2D eigenvalue weighted by atomic mass is 10.1. The van der Waals surface area contributed by atoms with Crippen LogP contribution in [0, 0.1) is 6.92 Å². The third-order valence-electron chi connectivity index (χ3n) is 4.44. The van der Waals surface area contributed by atoms with E-state index in [0.29, 0.717) is 48.5 Å². The summed E-state index contributed by atoms with van der Waals surface area (Å²) in [6.45, 7) is 4.97. The van der Waals surface area contributed by atoms with E-state index in [1.165, 1.54) is 0 Å². The van der Waals surface area contributed by atoms with E-state index in [1.54, 1.807) is 26.5 Å². The Bertz CT molecular complexity index is 806. The molecule has 0 radical (unpaired) electrons. The van der Waals surface area contributed by atoms with Crippen LogP contribution in [0.5, 0.6) is 11.5 Å². The van der Waals surface area contributed by atoms with Gasteiger partial charge in [-0.2, -0.15) is 0 Å². The fraction of sp³-hybridized carbons (Fsp3) is 0.421.